The van der Waals surface area contributed by atoms with Crippen LogP contribution in [0.2, 0.25) is 0 Å². The van der Waals surface area contributed by atoms with Crippen LogP contribution in [0.3, 0.4) is 0 Å². The minimum atomic E-state index is -0.481. The van der Waals surface area contributed by atoms with Crippen molar-refractivity contribution in [3.63, 3.8) is 0 Å². The topological polar surface area (TPSA) is 59.1 Å². The zero-order chi connectivity index (χ0) is 20.3. The van der Waals surface area contributed by atoms with Gasteiger partial charge in [-0.1, -0.05) is 35.9 Å². The van der Waals surface area contributed by atoms with Gasteiger partial charge in [0, 0.05) is 24.7 Å². The van der Waals surface area contributed by atoms with E-state index in [1.54, 1.807) is 19.1 Å². The smallest absolute Gasteiger partial charge is 0.251 e. The summed E-state index contributed by atoms with van der Waals surface area (Å²) in [6.07, 6.45) is 0.754. The Morgan fingerprint density at radius 1 is 1.11 bits per heavy atom. The molecule has 2 amide bonds. The highest BCUT2D eigenvalue weighted by Gasteiger charge is 2.43. The van der Waals surface area contributed by atoms with E-state index >= 15 is 0 Å². The third kappa shape index (κ3) is 3.73. The third-order valence-corrected chi connectivity index (χ3v) is 5.27. The molecule has 148 valence electrons. The predicted molar refractivity (Wildman–Crippen MR) is 107 cm³/mol. The van der Waals surface area contributed by atoms with E-state index in [9.17, 15) is 9.59 Å². The minimum absolute atomic E-state index is 0.0103. The lowest BCUT2D eigenvalue weighted by Gasteiger charge is -2.42. The van der Waals surface area contributed by atoms with Gasteiger partial charge in [-0.3, -0.25) is 14.4 Å². The summed E-state index contributed by atoms with van der Waals surface area (Å²) in [5.41, 5.74) is 2.68. The molecule has 1 fully saturated rings. The number of hydrogen-bond donors (Lipinski definition) is 0. The number of aryl methyl sites for hydroxylation is 1. The van der Waals surface area contributed by atoms with E-state index < -0.39 is 12.0 Å². The van der Waals surface area contributed by atoms with Crippen molar-refractivity contribution in [1.29, 1.82) is 0 Å². The summed E-state index contributed by atoms with van der Waals surface area (Å²) in [6, 6.07) is 14.8. The lowest BCUT2D eigenvalue weighted by Crippen LogP contribution is -2.48. The van der Waals surface area contributed by atoms with Gasteiger partial charge in [-0.25, -0.2) is 5.06 Å². The number of hydrogen-bond acceptors (Lipinski definition) is 4. The Bertz CT molecular complexity index is 850. The number of piperidine rings is 1. The molecule has 0 saturated carbocycles. The fraction of sp³-hybridized carbons (Fsp3) is 0.364. The maximum absolute atomic E-state index is 13.1. The van der Waals surface area contributed by atoms with E-state index in [1.807, 2.05) is 55.5 Å². The highest BCUT2D eigenvalue weighted by molar-refractivity contribution is 5.97. The Labute approximate surface area is 165 Å². The Morgan fingerprint density at radius 2 is 1.79 bits per heavy atom. The van der Waals surface area contributed by atoms with E-state index in [-0.39, 0.29) is 11.8 Å². The number of methoxy groups -OCH3 is 1. The maximum atomic E-state index is 13.1. The molecule has 0 spiro atoms. The van der Waals surface area contributed by atoms with Crippen molar-refractivity contribution in [3.05, 3.63) is 59.7 Å². The first kappa shape index (κ1) is 19.9. The fourth-order valence-corrected chi connectivity index (χ4v) is 3.75. The number of carbonyl (C=O) groups excluding carboxylic acids is 2. The molecule has 0 bridgehead atoms. The van der Waals surface area contributed by atoms with Gasteiger partial charge < -0.3 is 9.64 Å². The van der Waals surface area contributed by atoms with Gasteiger partial charge in [0.15, 0.2) is 0 Å². The molecular weight excluding hydrogens is 356 g/mol. The van der Waals surface area contributed by atoms with Crippen LogP contribution in [0, 0.1) is 12.8 Å². The van der Waals surface area contributed by atoms with Gasteiger partial charge in [0.1, 0.15) is 5.75 Å². The number of para-hydroxylation sites is 1. The van der Waals surface area contributed by atoms with Crippen molar-refractivity contribution in [1.82, 2.24) is 5.06 Å². The first-order chi connectivity index (χ1) is 13.5. The van der Waals surface area contributed by atoms with Gasteiger partial charge >= 0.3 is 0 Å². The molecule has 1 heterocycles. The van der Waals surface area contributed by atoms with Crippen LogP contribution < -0.4 is 9.64 Å². The summed E-state index contributed by atoms with van der Waals surface area (Å²) < 4.78 is 5.56. The molecule has 2 aromatic rings. The molecule has 2 aromatic carbocycles. The van der Waals surface area contributed by atoms with Crippen molar-refractivity contribution < 1.29 is 19.2 Å². The summed E-state index contributed by atoms with van der Waals surface area (Å²) >= 11 is 0. The normalized spacial score (nSPS) is 19.4. The minimum Gasteiger partial charge on any atom is -0.496 e. The molecule has 1 aliphatic heterocycles. The molecule has 2 atom stereocenters. The van der Waals surface area contributed by atoms with Crippen LogP contribution in [0.25, 0.3) is 0 Å². The Kier molecular flexibility index (Phi) is 5.99. The third-order valence-electron chi connectivity index (χ3n) is 5.27. The molecule has 6 heteroatoms. The number of anilines is 1. The van der Waals surface area contributed by atoms with E-state index in [4.69, 9.17) is 9.57 Å². The zero-order valence-electron chi connectivity index (χ0n) is 16.7. The molecule has 1 saturated heterocycles. The van der Waals surface area contributed by atoms with Crippen molar-refractivity contribution >= 4 is 17.5 Å². The predicted octanol–water partition coefficient (Wildman–Crippen LogP) is 3.51. The van der Waals surface area contributed by atoms with Crippen LogP contribution in [-0.4, -0.2) is 38.1 Å². The van der Waals surface area contributed by atoms with Gasteiger partial charge in [0.05, 0.1) is 26.2 Å². The van der Waals surface area contributed by atoms with Crippen molar-refractivity contribution in [2.45, 2.75) is 25.8 Å². The van der Waals surface area contributed by atoms with Gasteiger partial charge in [0.2, 0.25) is 5.91 Å². The largest absolute Gasteiger partial charge is 0.496 e. The van der Waals surface area contributed by atoms with Crippen LogP contribution in [0.4, 0.5) is 5.69 Å². The van der Waals surface area contributed by atoms with Gasteiger partial charge in [-0.15, -0.1) is 0 Å². The molecule has 3 rings (SSSR count). The number of hydroxylamine groups is 2. The van der Waals surface area contributed by atoms with E-state index in [0.717, 1.165) is 16.8 Å². The summed E-state index contributed by atoms with van der Waals surface area (Å²) in [4.78, 5) is 32.9. The van der Waals surface area contributed by atoms with E-state index in [1.165, 1.54) is 12.2 Å². The van der Waals surface area contributed by atoms with Crippen LogP contribution in [-0.2, 0) is 14.4 Å². The molecule has 0 unspecified atom stereocenters. The second kappa shape index (κ2) is 8.44. The Morgan fingerprint density at radius 3 is 2.43 bits per heavy atom. The lowest BCUT2D eigenvalue weighted by molar-refractivity contribution is -0.175. The Balaban J connectivity index is 2.15. The van der Waals surface area contributed by atoms with Crippen LogP contribution in [0.15, 0.2) is 48.5 Å². The van der Waals surface area contributed by atoms with Gasteiger partial charge in [-0.2, -0.15) is 0 Å². The number of ether oxygens (including phenoxy) is 1. The van der Waals surface area contributed by atoms with Crippen LogP contribution >= 0.6 is 0 Å². The lowest BCUT2D eigenvalue weighted by atomic mass is 9.82. The monoisotopic (exact) mass is 382 g/mol. The first-order valence-electron chi connectivity index (χ1n) is 9.31. The fourth-order valence-electron chi connectivity index (χ4n) is 3.75. The number of amides is 2. The van der Waals surface area contributed by atoms with Crippen LogP contribution in [0.5, 0.6) is 5.75 Å². The summed E-state index contributed by atoms with van der Waals surface area (Å²) in [7, 11) is 4.65. The van der Waals surface area contributed by atoms with Gasteiger partial charge in [-0.05, 0) is 31.5 Å². The molecule has 0 radical (unpaired) electrons. The highest BCUT2D eigenvalue weighted by Crippen LogP contribution is 2.43. The summed E-state index contributed by atoms with van der Waals surface area (Å²) in [6.45, 7) is 2.00. The first-order valence-corrected chi connectivity index (χ1v) is 9.31. The Hall–Kier alpha value is -2.86. The van der Waals surface area contributed by atoms with Crippen molar-refractivity contribution in [2.75, 3.05) is 26.2 Å². The molecule has 1 aliphatic rings. The van der Waals surface area contributed by atoms with Crippen molar-refractivity contribution in [2.24, 2.45) is 5.92 Å². The molecular formula is C22H26N2O4. The van der Waals surface area contributed by atoms with Crippen molar-refractivity contribution in [3.8, 4) is 5.75 Å². The molecule has 6 nitrogen and oxygen atoms in total. The van der Waals surface area contributed by atoms with E-state index in [0.29, 0.717) is 18.6 Å². The standard InChI is InChI=1S/C22H26N2O4/c1-15-9-11-16(12-10-15)24-20(25)14-13-18(22(26)23(2)28-4)21(24)17-7-5-6-8-19(17)27-3/h5-12,18,21H,13-14H2,1-4H3/t18-,21-/m1/s1. The van der Waals surface area contributed by atoms with Crippen LogP contribution in [0.1, 0.15) is 30.0 Å². The number of rotatable bonds is 5. The summed E-state index contributed by atoms with van der Waals surface area (Å²) in [5.74, 6) is 0.0318. The highest BCUT2D eigenvalue weighted by atomic mass is 16.7. The average Bonchev–Trinajstić information content (AvgIpc) is 2.73. The number of benzene rings is 2. The molecule has 0 aliphatic carbocycles. The molecule has 0 N–H and O–H groups in total. The molecule has 28 heavy (non-hydrogen) atoms. The number of carbonyl (C=O) groups is 2. The van der Waals surface area contributed by atoms with Gasteiger partial charge in [0.25, 0.3) is 5.91 Å². The zero-order valence-corrected chi connectivity index (χ0v) is 16.7. The summed E-state index contributed by atoms with van der Waals surface area (Å²) in [5, 5.41) is 1.23. The SMILES string of the molecule is COc1ccccc1[C@@H]1[C@H](C(=O)N(C)OC)CCC(=O)N1c1ccc(C)cc1. The second-order valence-corrected chi connectivity index (χ2v) is 6.95. The second-order valence-electron chi connectivity index (χ2n) is 6.95. The molecule has 0 aromatic heterocycles. The average molecular weight is 382 g/mol. The quantitative estimate of drug-likeness (QED) is 0.743. The van der Waals surface area contributed by atoms with E-state index in [2.05, 4.69) is 0 Å². The number of nitrogens with zero attached hydrogens (tertiary/aromatic N) is 2. The maximum Gasteiger partial charge on any atom is 0.251 e.